The van der Waals surface area contributed by atoms with Gasteiger partial charge in [-0.15, -0.1) is 11.8 Å². The summed E-state index contributed by atoms with van der Waals surface area (Å²) in [6, 6.07) is 8.33. The Hall–Kier alpha value is -1.00. The van der Waals surface area contributed by atoms with Crippen LogP contribution in [0, 0.1) is 6.92 Å². The predicted molar refractivity (Wildman–Crippen MR) is 74.7 cm³/mol. The van der Waals surface area contributed by atoms with Crippen LogP contribution >= 0.6 is 11.8 Å². The average Bonchev–Trinajstić information content (AvgIpc) is 2.42. The van der Waals surface area contributed by atoms with Crippen LogP contribution in [0.2, 0.25) is 0 Å². The molecule has 1 saturated heterocycles. The molecule has 1 heterocycles. The monoisotopic (exact) mass is 265 g/mol. The van der Waals surface area contributed by atoms with Crippen LogP contribution in [-0.4, -0.2) is 42.9 Å². The van der Waals surface area contributed by atoms with E-state index in [9.17, 15) is 4.79 Å². The maximum Gasteiger partial charge on any atom is 0.232 e. The molecule has 1 amide bonds. The Labute approximate surface area is 113 Å². The summed E-state index contributed by atoms with van der Waals surface area (Å²) in [7, 11) is 0. The number of hydrogen-bond acceptors (Lipinski definition) is 3. The van der Waals surface area contributed by atoms with Crippen LogP contribution in [0.3, 0.4) is 0 Å². The van der Waals surface area contributed by atoms with Crippen molar-refractivity contribution in [3.8, 4) is 0 Å². The van der Waals surface area contributed by atoms with E-state index in [4.69, 9.17) is 4.74 Å². The minimum absolute atomic E-state index is 0.233. The highest BCUT2D eigenvalue weighted by Gasteiger charge is 2.16. The van der Waals surface area contributed by atoms with Gasteiger partial charge in [0, 0.05) is 18.8 Å². The van der Waals surface area contributed by atoms with E-state index < -0.39 is 0 Å². The van der Waals surface area contributed by atoms with Crippen LogP contribution in [-0.2, 0) is 15.3 Å². The molecule has 0 saturated carbocycles. The summed E-state index contributed by atoms with van der Waals surface area (Å²) in [6.45, 7) is 4.94. The molecule has 2 rings (SSSR count). The van der Waals surface area contributed by atoms with Crippen molar-refractivity contribution in [3.63, 3.8) is 0 Å². The highest BCUT2D eigenvalue weighted by atomic mass is 32.2. The average molecular weight is 265 g/mol. The molecule has 1 aromatic carbocycles. The number of rotatable bonds is 4. The second-order valence-electron chi connectivity index (χ2n) is 4.41. The highest BCUT2D eigenvalue weighted by Crippen LogP contribution is 2.16. The number of hydrogen-bond donors (Lipinski definition) is 0. The molecular weight excluding hydrogens is 246 g/mol. The molecule has 4 heteroatoms. The van der Waals surface area contributed by atoms with E-state index in [1.807, 2.05) is 17.0 Å². The van der Waals surface area contributed by atoms with Crippen molar-refractivity contribution in [2.45, 2.75) is 12.7 Å². The molecule has 98 valence electrons. The molecule has 18 heavy (non-hydrogen) atoms. The van der Waals surface area contributed by atoms with Crippen molar-refractivity contribution in [1.29, 1.82) is 0 Å². The molecule has 0 aliphatic carbocycles. The van der Waals surface area contributed by atoms with E-state index in [-0.39, 0.29) is 5.91 Å². The first-order valence-corrected chi connectivity index (χ1v) is 7.40. The number of amides is 1. The summed E-state index contributed by atoms with van der Waals surface area (Å²) in [5.41, 5.74) is 2.61. The van der Waals surface area contributed by atoms with Gasteiger partial charge < -0.3 is 9.64 Å². The number of carbonyl (C=O) groups is 1. The van der Waals surface area contributed by atoms with Gasteiger partial charge in [0.05, 0.1) is 19.0 Å². The van der Waals surface area contributed by atoms with Crippen LogP contribution in [0.15, 0.2) is 24.3 Å². The molecule has 0 bridgehead atoms. The topological polar surface area (TPSA) is 29.5 Å². The summed E-state index contributed by atoms with van der Waals surface area (Å²) in [5.74, 6) is 1.70. The Morgan fingerprint density at radius 1 is 1.33 bits per heavy atom. The molecule has 1 aliphatic heterocycles. The van der Waals surface area contributed by atoms with Gasteiger partial charge >= 0.3 is 0 Å². The third kappa shape index (κ3) is 3.75. The Morgan fingerprint density at radius 2 is 2.06 bits per heavy atom. The normalized spacial score (nSPS) is 15.7. The number of aryl methyl sites for hydroxylation is 1. The Kier molecular flexibility index (Phi) is 5.08. The fraction of sp³-hybridized carbons (Fsp3) is 0.500. The summed E-state index contributed by atoms with van der Waals surface area (Å²) in [5, 5.41) is 0. The summed E-state index contributed by atoms with van der Waals surface area (Å²) < 4.78 is 5.24. The van der Waals surface area contributed by atoms with Crippen molar-refractivity contribution < 1.29 is 9.53 Å². The summed E-state index contributed by atoms with van der Waals surface area (Å²) in [6.07, 6.45) is 0. The first-order valence-electron chi connectivity index (χ1n) is 6.25. The van der Waals surface area contributed by atoms with Crippen LogP contribution in [0.5, 0.6) is 0 Å². The minimum Gasteiger partial charge on any atom is -0.378 e. The maximum atomic E-state index is 11.9. The van der Waals surface area contributed by atoms with Gasteiger partial charge in [0.15, 0.2) is 0 Å². The molecule has 1 fully saturated rings. The molecule has 0 atom stereocenters. The molecule has 0 radical (unpaired) electrons. The van der Waals surface area contributed by atoms with Gasteiger partial charge in [0.1, 0.15) is 0 Å². The highest BCUT2D eigenvalue weighted by molar-refractivity contribution is 7.99. The van der Waals surface area contributed by atoms with E-state index in [0.717, 1.165) is 18.8 Å². The number of benzene rings is 1. The van der Waals surface area contributed by atoms with E-state index in [1.165, 1.54) is 11.1 Å². The standard InChI is InChI=1S/C14H19NO2S/c1-12-4-2-3-5-13(12)10-18-11-14(16)15-6-8-17-9-7-15/h2-5H,6-11H2,1H3. The zero-order valence-corrected chi connectivity index (χ0v) is 11.5. The number of thioether (sulfide) groups is 1. The summed E-state index contributed by atoms with van der Waals surface area (Å²) in [4.78, 5) is 13.8. The van der Waals surface area contributed by atoms with E-state index in [1.54, 1.807) is 11.8 Å². The van der Waals surface area contributed by atoms with Crippen LogP contribution < -0.4 is 0 Å². The van der Waals surface area contributed by atoms with Crippen LogP contribution in [0.4, 0.5) is 0 Å². The number of carbonyl (C=O) groups excluding carboxylic acids is 1. The largest absolute Gasteiger partial charge is 0.378 e. The van der Waals surface area contributed by atoms with Gasteiger partial charge in [-0.1, -0.05) is 24.3 Å². The smallest absolute Gasteiger partial charge is 0.232 e. The molecule has 0 aromatic heterocycles. The first kappa shape index (κ1) is 13.4. The van der Waals surface area contributed by atoms with E-state index in [2.05, 4.69) is 19.1 Å². The molecule has 3 nitrogen and oxygen atoms in total. The van der Waals surface area contributed by atoms with Gasteiger partial charge in [-0.3, -0.25) is 4.79 Å². The van der Waals surface area contributed by atoms with E-state index >= 15 is 0 Å². The maximum absolute atomic E-state index is 11.9. The third-order valence-corrected chi connectivity index (χ3v) is 4.07. The zero-order chi connectivity index (χ0) is 12.8. The Balaban J connectivity index is 1.75. The SMILES string of the molecule is Cc1ccccc1CSCC(=O)N1CCOCC1. The van der Waals surface area contributed by atoms with Crippen molar-refractivity contribution >= 4 is 17.7 Å². The van der Waals surface area contributed by atoms with Crippen LogP contribution in [0.1, 0.15) is 11.1 Å². The minimum atomic E-state index is 0.233. The number of ether oxygens (including phenoxy) is 1. The molecule has 0 spiro atoms. The first-order chi connectivity index (χ1) is 8.77. The zero-order valence-electron chi connectivity index (χ0n) is 10.7. The van der Waals surface area contributed by atoms with Crippen LogP contribution in [0.25, 0.3) is 0 Å². The summed E-state index contributed by atoms with van der Waals surface area (Å²) >= 11 is 1.69. The molecule has 1 aromatic rings. The fourth-order valence-electron chi connectivity index (χ4n) is 1.92. The molecular formula is C14H19NO2S. The molecule has 1 aliphatic rings. The van der Waals surface area contributed by atoms with E-state index in [0.29, 0.717) is 19.0 Å². The van der Waals surface area contributed by atoms with Gasteiger partial charge in [-0.2, -0.15) is 0 Å². The lowest BCUT2D eigenvalue weighted by Crippen LogP contribution is -2.41. The van der Waals surface area contributed by atoms with Gasteiger partial charge in [0.25, 0.3) is 0 Å². The quantitative estimate of drug-likeness (QED) is 0.835. The lowest BCUT2D eigenvalue weighted by molar-refractivity contribution is -0.132. The van der Waals surface area contributed by atoms with Crippen molar-refractivity contribution in [2.24, 2.45) is 0 Å². The Bertz CT molecular complexity index is 403. The fourth-order valence-corrected chi connectivity index (χ4v) is 2.93. The van der Waals surface area contributed by atoms with Crippen molar-refractivity contribution in [1.82, 2.24) is 4.90 Å². The van der Waals surface area contributed by atoms with Crippen molar-refractivity contribution in [2.75, 3.05) is 32.1 Å². The third-order valence-electron chi connectivity index (χ3n) is 3.11. The second-order valence-corrected chi connectivity index (χ2v) is 5.40. The predicted octanol–water partition coefficient (Wildman–Crippen LogP) is 2.09. The van der Waals surface area contributed by atoms with Gasteiger partial charge in [0.2, 0.25) is 5.91 Å². The van der Waals surface area contributed by atoms with Gasteiger partial charge in [-0.05, 0) is 18.1 Å². The molecule has 0 unspecified atom stereocenters. The number of nitrogens with zero attached hydrogens (tertiary/aromatic N) is 1. The van der Waals surface area contributed by atoms with Gasteiger partial charge in [-0.25, -0.2) is 0 Å². The van der Waals surface area contributed by atoms with Crippen molar-refractivity contribution in [3.05, 3.63) is 35.4 Å². The Morgan fingerprint density at radius 3 is 2.78 bits per heavy atom. The number of morpholine rings is 1. The lowest BCUT2D eigenvalue weighted by Gasteiger charge is -2.26. The lowest BCUT2D eigenvalue weighted by atomic mass is 10.1. The molecule has 0 N–H and O–H groups in total. The second kappa shape index (κ2) is 6.81.